The number of aromatic hydroxyl groups is 1. The van der Waals surface area contributed by atoms with Crippen molar-refractivity contribution < 1.29 is 5.11 Å². The van der Waals surface area contributed by atoms with Crippen LogP contribution in [0.15, 0.2) is 36.5 Å². The highest BCUT2D eigenvalue weighted by atomic mass is 16.3. The lowest BCUT2D eigenvalue weighted by Gasteiger charge is -2.10. The quantitative estimate of drug-likeness (QED) is 0.821. The maximum atomic E-state index is 9.06. The van der Waals surface area contributed by atoms with Crippen LogP contribution in [0.5, 0.6) is 5.75 Å². The first-order valence-corrected chi connectivity index (χ1v) is 5.73. The van der Waals surface area contributed by atoms with E-state index < -0.39 is 0 Å². The van der Waals surface area contributed by atoms with Crippen LogP contribution in [-0.2, 0) is 6.42 Å². The lowest BCUT2D eigenvalue weighted by molar-refractivity contribution is 0.475. The highest BCUT2D eigenvalue weighted by Crippen LogP contribution is 2.15. The number of hydrogen-bond acceptors (Lipinski definition) is 2. The van der Waals surface area contributed by atoms with E-state index in [0.29, 0.717) is 11.4 Å². The van der Waals surface area contributed by atoms with Crippen molar-refractivity contribution in [1.82, 2.24) is 0 Å². The molecule has 0 unspecified atom stereocenters. The second kappa shape index (κ2) is 7.80. The summed E-state index contributed by atoms with van der Waals surface area (Å²) in [6.07, 6.45) is 2.12. The third-order valence-corrected chi connectivity index (χ3v) is 2.11. The Morgan fingerprint density at radius 1 is 1.31 bits per heavy atom. The zero-order chi connectivity index (χ0) is 12.6. The smallest absolute Gasteiger partial charge is 0.115 e. The molecule has 0 saturated heterocycles. The molecular weight excluding hydrogens is 198 g/mol. The van der Waals surface area contributed by atoms with Crippen molar-refractivity contribution in [3.05, 3.63) is 42.1 Å². The maximum Gasteiger partial charge on any atom is 0.115 e. The standard InChI is InChI=1S/C11H15NO.C3H8/c1-8(9(2)12)7-10-3-5-11(13)6-4-10;1-3-2/h3-6,8,13H,2,7,12H2,1H3;3H2,1-2H3/t8-;/m0./s1. The third-order valence-electron chi connectivity index (χ3n) is 2.11. The van der Waals surface area contributed by atoms with Gasteiger partial charge in [0, 0.05) is 5.70 Å². The van der Waals surface area contributed by atoms with Gasteiger partial charge < -0.3 is 10.8 Å². The fourth-order valence-electron chi connectivity index (χ4n) is 1.12. The van der Waals surface area contributed by atoms with E-state index in [0.717, 1.165) is 12.0 Å². The van der Waals surface area contributed by atoms with Crippen LogP contribution >= 0.6 is 0 Å². The van der Waals surface area contributed by atoms with Crippen molar-refractivity contribution in [1.29, 1.82) is 0 Å². The van der Waals surface area contributed by atoms with E-state index in [1.54, 1.807) is 12.1 Å². The highest BCUT2D eigenvalue weighted by molar-refractivity contribution is 5.26. The van der Waals surface area contributed by atoms with Crippen molar-refractivity contribution >= 4 is 0 Å². The Kier molecular flexibility index (Phi) is 7.10. The third kappa shape index (κ3) is 6.12. The summed E-state index contributed by atoms with van der Waals surface area (Å²) in [4.78, 5) is 0. The molecule has 0 radical (unpaired) electrons. The summed E-state index contributed by atoms with van der Waals surface area (Å²) in [6.45, 7) is 9.98. The number of nitrogens with two attached hydrogens (primary N) is 1. The lowest BCUT2D eigenvalue weighted by atomic mass is 9.99. The number of benzene rings is 1. The number of hydrogen-bond donors (Lipinski definition) is 2. The van der Waals surface area contributed by atoms with Crippen LogP contribution in [0, 0.1) is 5.92 Å². The first-order chi connectivity index (χ1) is 7.51. The molecule has 0 heterocycles. The minimum atomic E-state index is 0.282. The highest BCUT2D eigenvalue weighted by Gasteiger charge is 2.04. The van der Waals surface area contributed by atoms with Crippen molar-refractivity contribution in [2.24, 2.45) is 11.7 Å². The summed E-state index contributed by atoms with van der Waals surface area (Å²) < 4.78 is 0. The molecule has 2 nitrogen and oxygen atoms in total. The van der Waals surface area contributed by atoms with E-state index in [1.807, 2.05) is 19.1 Å². The molecule has 0 aliphatic rings. The monoisotopic (exact) mass is 221 g/mol. The van der Waals surface area contributed by atoms with Crippen LogP contribution in [0.3, 0.4) is 0 Å². The second-order valence-corrected chi connectivity index (χ2v) is 4.05. The zero-order valence-corrected chi connectivity index (χ0v) is 10.5. The lowest BCUT2D eigenvalue weighted by Crippen LogP contribution is -2.09. The normalized spacial score (nSPS) is 11.2. The predicted molar refractivity (Wildman–Crippen MR) is 70.3 cm³/mol. The fourth-order valence-corrected chi connectivity index (χ4v) is 1.12. The first-order valence-electron chi connectivity index (χ1n) is 5.73. The molecule has 1 atom stereocenters. The molecule has 0 aromatic heterocycles. The summed E-state index contributed by atoms with van der Waals surface area (Å²) in [7, 11) is 0. The van der Waals surface area contributed by atoms with Crippen LogP contribution in [0.4, 0.5) is 0 Å². The van der Waals surface area contributed by atoms with Gasteiger partial charge in [-0.1, -0.05) is 45.9 Å². The molecule has 0 fully saturated rings. The molecule has 90 valence electrons. The van der Waals surface area contributed by atoms with Gasteiger partial charge in [0.2, 0.25) is 0 Å². The molecule has 0 amide bonds. The zero-order valence-electron chi connectivity index (χ0n) is 10.5. The summed E-state index contributed by atoms with van der Waals surface area (Å²) in [5, 5.41) is 9.06. The van der Waals surface area contributed by atoms with Crippen LogP contribution in [0.2, 0.25) is 0 Å². The average molecular weight is 221 g/mol. The van der Waals surface area contributed by atoms with Crippen LogP contribution < -0.4 is 5.73 Å². The molecule has 1 aromatic rings. The molecule has 2 heteroatoms. The van der Waals surface area contributed by atoms with Crippen LogP contribution in [0.1, 0.15) is 32.8 Å². The molecular formula is C14H23NO. The number of phenols is 1. The van der Waals surface area contributed by atoms with Crippen molar-refractivity contribution in [3.63, 3.8) is 0 Å². The Morgan fingerprint density at radius 3 is 2.12 bits per heavy atom. The summed E-state index contributed by atoms with van der Waals surface area (Å²) >= 11 is 0. The maximum absolute atomic E-state index is 9.06. The second-order valence-electron chi connectivity index (χ2n) is 4.05. The Balaban J connectivity index is 0.000000673. The van der Waals surface area contributed by atoms with Crippen LogP contribution in [-0.4, -0.2) is 5.11 Å². The van der Waals surface area contributed by atoms with Gasteiger partial charge in [-0.3, -0.25) is 0 Å². The minimum Gasteiger partial charge on any atom is -0.508 e. The van der Waals surface area contributed by atoms with Gasteiger partial charge >= 0.3 is 0 Å². The topological polar surface area (TPSA) is 46.2 Å². The Hall–Kier alpha value is -1.44. The molecule has 3 N–H and O–H groups in total. The van der Waals surface area contributed by atoms with Gasteiger partial charge in [-0.05, 0) is 30.0 Å². The van der Waals surface area contributed by atoms with E-state index in [1.165, 1.54) is 6.42 Å². The van der Waals surface area contributed by atoms with Crippen molar-refractivity contribution in [2.45, 2.75) is 33.6 Å². The predicted octanol–water partition coefficient (Wildman–Crippen LogP) is 3.46. The molecule has 1 rings (SSSR count). The number of rotatable bonds is 3. The molecule has 1 aromatic carbocycles. The Bertz CT molecular complexity index is 303. The van der Waals surface area contributed by atoms with E-state index in [-0.39, 0.29) is 5.92 Å². The molecule has 0 saturated carbocycles. The van der Waals surface area contributed by atoms with Gasteiger partial charge in [-0.2, -0.15) is 0 Å². The van der Waals surface area contributed by atoms with E-state index in [4.69, 9.17) is 10.8 Å². The van der Waals surface area contributed by atoms with Crippen molar-refractivity contribution in [3.8, 4) is 5.75 Å². The van der Waals surface area contributed by atoms with Gasteiger partial charge in [-0.25, -0.2) is 0 Å². The van der Waals surface area contributed by atoms with Gasteiger partial charge in [0.25, 0.3) is 0 Å². The summed E-state index contributed by atoms with van der Waals surface area (Å²) in [6, 6.07) is 7.16. The first kappa shape index (κ1) is 14.6. The van der Waals surface area contributed by atoms with E-state index >= 15 is 0 Å². The van der Waals surface area contributed by atoms with E-state index in [2.05, 4.69) is 20.4 Å². The number of allylic oxidation sites excluding steroid dienone is 1. The molecule has 16 heavy (non-hydrogen) atoms. The summed E-state index contributed by atoms with van der Waals surface area (Å²) in [5.41, 5.74) is 7.44. The molecule has 0 bridgehead atoms. The largest absolute Gasteiger partial charge is 0.508 e. The number of phenolic OH excluding ortho intramolecular Hbond substituents is 1. The van der Waals surface area contributed by atoms with Gasteiger partial charge in [0.15, 0.2) is 0 Å². The molecule has 0 aliphatic heterocycles. The summed E-state index contributed by atoms with van der Waals surface area (Å²) in [5.74, 6) is 0.576. The van der Waals surface area contributed by atoms with Crippen LogP contribution in [0.25, 0.3) is 0 Å². The van der Waals surface area contributed by atoms with Gasteiger partial charge in [-0.15, -0.1) is 0 Å². The van der Waals surface area contributed by atoms with E-state index in [9.17, 15) is 0 Å². The van der Waals surface area contributed by atoms with Gasteiger partial charge in [0.05, 0.1) is 0 Å². The Morgan fingerprint density at radius 2 is 1.75 bits per heavy atom. The molecule has 0 spiro atoms. The minimum absolute atomic E-state index is 0.282. The van der Waals surface area contributed by atoms with Crippen molar-refractivity contribution in [2.75, 3.05) is 0 Å². The van der Waals surface area contributed by atoms with Gasteiger partial charge in [0.1, 0.15) is 5.75 Å². The fraction of sp³-hybridized carbons (Fsp3) is 0.429. The average Bonchev–Trinajstić information content (AvgIpc) is 2.22. The molecule has 0 aliphatic carbocycles. The SMILES string of the molecule is C=C(N)[C@@H](C)Cc1ccc(O)cc1.CCC. The Labute approximate surface area is 98.8 Å².